The molecule has 0 aromatic rings. The van der Waals surface area contributed by atoms with E-state index in [9.17, 15) is 8.78 Å². The summed E-state index contributed by atoms with van der Waals surface area (Å²) in [6.45, 7) is 0. The van der Waals surface area contributed by atoms with Gasteiger partial charge in [0.05, 0.1) is 6.04 Å². The molecule has 0 spiro atoms. The van der Waals surface area contributed by atoms with Crippen LogP contribution < -0.4 is 11.1 Å². The fourth-order valence-corrected chi connectivity index (χ4v) is 2.59. The van der Waals surface area contributed by atoms with Crippen LogP contribution in [0.5, 0.6) is 0 Å². The zero-order valence-electron chi connectivity index (χ0n) is 10.1. The first-order chi connectivity index (χ1) is 8.05. The molecule has 98 valence electrons. The number of hydrogen-bond donors (Lipinski definition) is 2. The summed E-state index contributed by atoms with van der Waals surface area (Å²) >= 11 is 0. The van der Waals surface area contributed by atoms with Crippen molar-refractivity contribution in [2.75, 3.05) is 0 Å². The summed E-state index contributed by atoms with van der Waals surface area (Å²) in [4.78, 5) is 4.40. The van der Waals surface area contributed by atoms with Gasteiger partial charge in [-0.05, 0) is 12.8 Å². The molecule has 0 bridgehead atoms. The predicted molar refractivity (Wildman–Crippen MR) is 64.2 cm³/mol. The molecule has 2 aliphatic carbocycles. The fraction of sp³-hybridized carbons (Fsp3) is 0.917. The molecule has 0 saturated heterocycles. The van der Waals surface area contributed by atoms with Crippen molar-refractivity contribution < 1.29 is 8.78 Å². The van der Waals surface area contributed by atoms with E-state index < -0.39 is 5.92 Å². The summed E-state index contributed by atoms with van der Waals surface area (Å²) < 4.78 is 25.3. The molecule has 0 aromatic heterocycles. The van der Waals surface area contributed by atoms with Gasteiger partial charge in [-0.25, -0.2) is 8.78 Å². The third-order valence-corrected chi connectivity index (χ3v) is 3.59. The van der Waals surface area contributed by atoms with E-state index in [1.54, 1.807) is 0 Å². The highest BCUT2D eigenvalue weighted by molar-refractivity contribution is 5.78. The van der Waals surface area contributed by atoms with Crippen LogP contribution in [0.2, 0.25) is 0 Å². The van der Waals surface area contributed by atoms with Crippen molar-refractivity contribution in [1.29, 1.82) is 0 Å². The van der Waals surface area contributed by atoms with Gasteiger partial charge in [0, 0.05) is 18.9 Å². The maximum absolute atomic E-state index is 12.6. The normalized spacial score (nSPS) is 27.3. The molecule has 2 aliphatic rings. The first-order valence-corrected chi connectivity index (χ1v) is 6.53. The van der Waals surface area contributed by atoms with Gasteiger partial charge in [0.2, 0.25) is 0 Å². The zero-order chi connectivity index (χ0) is 12.3. The van der Waals surface area contributed by atoms with E-state index in [4.69, 9.17) is 5.73 Å². The lowest BCUT2D eigenvalue weighted by Crippen LogP contribution is -2.52. The summed E-state index contributed by atoms with van der Waals surface area (Å²) in [5.41, 5.74) is 5.75. The van der Waals surface area contributed by atoms with Crippen LogP contribution in [0.15, 0.2) is 4.99 Å². The quantitative estimate of drug-likeness (QED) is 0.446. The molecule has 0 unspecified atom stereocenters. The van der Waals surface area contributed by atoms with Crippen LogP contribution in [0.3, 0.4) is 0 Å². The molecule has 0 radical (unpaired) electrons. The van der Waals surface area contributed by atoms with Crippen molar-refractivity contribution in [1.82, 2.24) is 5.32 Å². The Bertz CT molecular complexity index is 275. The van der Waals surface area contributed by atoms with Gasteiger partial charge in [0.15, 0.2) is 5.96 Å². The third-order valence-electron chi connectivity index (χ3n) is 3.59. The van der Waals surface area contributed by atoms with Crippen molar-refractivity contribution in [2.45, 2.75) is 69.4 Å². The number of rotatable bonds is 2. The second kappa shape index (κ2) is 5.19. The number of nitrogens with zero attached hydrogens (tertiary/aromatic N) is 1. The van der Waals surface area contributed by atoms with Gasteiger partial charge in [-0.15, -0.1) is 0 Å². The van der Waals surface area contributed by atoms with Gasteiger partial charge in [-0.1, -0.05) is 25.7 Å². The molecule has 0 heterocycles. The highest BCUT2D eigenvalue weighted by atomic mass is 19.3. The van der Waals surface area contributed by atoms with Crippen LogP contribution in [0.25, 0.3) is 0 Å². The second-order valence-corrected chi connectivity index (χ2v) is 5.27. The average molecular weight is 245 g/mol. The highest BCUT2D eigenvalue weighted by Crippen LogP contribution is 2.37. The zero-order valence-corrected chi connectivity index (χ0v) is 10.1. The molecule has 0 amide bonds. The molecular formula is C12H21F2N3. The molecule has 2 fully saturated rings. The summed E-state index contributed by atoms with van der Waals surface area (Å²) in [5.74, 6) is -2.15. The highest BCUT2D eigenvalue weighted by Gasteiger charge is 2.45. The lowest BCUT2D eigenvalue weighted by Gasteiger charge is -2.35. The molecule has 5 heteroatoms. The first-order valence-electron chi connectivity index (χ1n) is 6.53. The standard InChI is InChI=1S/C12H21F2N3/c13-12(14)7-10(8-12)17-11(15)16-9-5-3-1-2-4-6-9/h9-10H,1-8H2,(H3,15,16,17). The van der Waals surface area contributed by atoms with Crippen molar-refractivity contribution >= 4 is 5.96 Å². The Hall–Kier alpha value is -0.870. The van der Waals surface area contributed by atoms with Crippen LogP contribution in [0.1, 0.15) is 51.4 Å². The van der Waals surface area contributed by atoms with Gasteiger partial charge in [-0.2, -0.15) is 0 Å². The second-order valence-electron chi connectivity index (χ2n) is 5.27. The van der Waals surface area contributed by atoms with E-state index in [1.165, 1.54) is 25.7 Å². The number of nitrogens with one attached hydrogen (secondary N) is 1. The van der Waals surface area contributed by atoms with Crippen LogP contribution in [0, 0.1) is 0 Å². The molecule has 2 saturated carbocycles. The number of hydrogen-bond acceptors (Lipinski definition) is 1. The summed E-state index contributed by atoms with van der Waals surface area (Å²) in [6.07, 6.45) is 6.85. The number of guanidine groups is 1. The minimum Gasteiger partial charge on any atom is -0.370 e. The Balaban J connectivity index is 1.76. The maximum atomic E-state index is 12.6. The minimum atomic E-state index is -2.50. The molecule has 2 rings (SSSR count). The summed E-state index contributed by atoms with van der Waals surface area (Å²) in [7, 11) is 0. The van der Waals surface area contributed by atoms with Crippen LogP contribution >= 0.6 is 0 Å². The summed E-state index contributed by atoms with van der Waals surface area (Å²) in [6, 6.07) is 0.0881. The maximum Gasteiger partial charge on any atom is 0.252 e. The number of alkyl halides is 2. The lowest BCUT2D eigenvalue weighted by atomic mass is 9.88. The number of nitrogens with two attached hydrogens (primary N) is 1. The summed E-state index contributed by atoms with van der Waals surface area (Å²) in [5, 5.41) is 2.89. The minimum absolute atomic E-state index is 0.117. The van der Waals surface area contributed by atoms with E-state index in [0.29, 0.717) is 5.96 Å². The van der Waals surface area contributed by atoms with E-state index in [2.05, 4.69) is 10.3 Å². The van der Waals surface area contributed by atoms with Crippen molar-refractivity contribution in [2.24, 2.45) is 10.7 Å². The topological polar surface area (TPSA) is 50.4 Å². The average Bonchev–Trinajstić information content (AvgIpc) is 2.43. The van der Waals surface area contributed by atoms with E-state index in [1.807, 2.05) is 0 Å². The monoisotopic (exact) mass is 245 g/mol. The van der Waals surface area contributed by atoms with Gasteiger partial charge >= 0.3 is 0 Å². The molecule has 0 atom stereocenters. The molecule has 3 nitrogen and oxygen atoms in total. The van der Waals surface area contributed by atoms with Gasteiger partial charge in [-0.3, -0.25) is 4.99 Å². The van der Waals surface area contributed by atoms with Crippen molar-refractivity contribution in [3.8, 4) is 0 Å². The Morgan fingerprint density at radius 2 is 1.71 bits per heavy atom. The van der Waals surface area contributed by atoms with Gasteiger partial charge in [0.25, 0.3) is 5.92 Å². The smallest absolute Gasteiger partial charge is 0.252 e. The van der Waals surface area contributed by atoms with Gasteiger partial charge in [0.1, 0.15) is 0 Å². The van der Waals surface area contributed by atoms with Crippen LogP contribution in [-0.2, 0) is 0 Å². The Morgan fingerprint density at radius 3 is 2.24 bits per heavy atom. The van der Waals surface area contributed by atoms with Crippen molar-refractivity contribution in [3.63, 3.8) is 0 Å². The SMILES string of the molecule is NC(=NC1CCCCCC1)NC1CC(F)(F)C1. The Morgan fingerprint density at radius 1 is 1.12 bits per heavy atom. The molecule has 0 aliphatic heterocycles. The third kappa shape index (κ3) is 3.82. The van der Waals surface area contributed by atoms with E-state index in [0.717, 1.165) is 12.8 Å². The number of aliphatic imine (C=N–C) groups is 1. The van der Waals surface area contributed by atoms with Crippen molar-refractivity contribution in [3.05, 3.63) is 0 Å². The largest absolute Gasteiger partial charge is 0.370 e. The first kappa shape index (κ1) is 12.6. The van der Waals surface area contributed by atoms with E-state index in [-0.39, 0.29) is 24.9 Å². The van der Waals surface area contributed by atoms with Crippen LogP contribution in [0.4, 0.5) is 8.78 Å². The number of halogens is 2. The molecule has 0 aromatic carbocycles. The Labute approximate surface area is 101 Å². The van der Waals surface area contributed by atoms with E-state index >= 15 is 0 Å². The predicted octanol–water partition coefficient (Wildman–Crippen LogP) is 2.41. The van der Waals surface area contributed by atoms with Gasteiger partial charge < -0.3 is 11.1 Å². The molecule has 17 heavy (non-hydrogen) atoms. The fourth-order valence-electron chi connectivity index (χ4n) is 2.59. The Kier molecular flexibility index (Phi) is 3.84. The molecule has 3 N–H and O–H groups in total. The molecular weight excluding hydrogens is 224 g/mol. The lowest BCUT2D eigenvalue weighted by molar-refractivity contribution is -0.0886. The van der Waals surface area contributed by atoms with Crippen LogP contribution in [-0.4, -0.2) is 24.0 Å².